The van der Waals surface area contributed by atoms with Crippen LogP contribution in [0.15, 0.2) is 53.7 Å². The van der Waals surface area contributed by atoms with Crippen LogP contribution in [-0.4, -0.2) is 26.4 Å². The Morgan fingerprint density at radius 1 is 1.21 bits per heavy atom. The molecule has 8 heteroatoms. The molecule has 0 aliphatic heterocycles. The van der Waals surface area contributed by atoms with Crippen molar-refractivity contribution in [1.82, 2.24) is 20.1 Å². The van der Waals surface area contributed by atoms with Crippen LogP contribution in [0.3, 0.4) is 0 Å². The minimum Gasteiger partial charge on any atom is -0.345 e. The summed E-state index contributed by atoms with van der Waals surface area (Å²) in [6.45, 7) is 2.24. The Morgan fingerprint density at radius 2 is 2.04 bits per heavy atom. The minimum absolute atomic E-state index is 0.00568. The first-order valence-corrected chi connectivity index (χ1v) is 10.3. The Labute approximate surface area is 172 Å². The summed E-state index contributed by atoms with van der Waals surface area (Å²) in [6.07, 6.45) is 2.15. The topological polar surface area (TPSA) is 59.8 Å². The third-order valence-electron chi connectivity index (χ3n) is 4.02. The summed E-state index contributed by atoms with van der Waals surface area (Å²) < 4.78 is 15.7. The van der Waals surface area contributed by atoms with E-state index in [0.717, 1.165) is 29.4 Å². The molecule has 146 valence electrons. The molecule has 0 saturated carbocycles. The predicted molar refractivity (Wildman–Crippen MR) is 110 cm³/mol. The van der Waals surface area contributed by atoms with Crippen molar-refractivity contribution >= 4 is 29.3 Å². The van der Waals surface area contributed by atoms with Crippen LogP contribution in [0.5, 0.6) is 0 Å². The van der Waals surface area contributed by atoms with E-state index in [2.05, 4.69) is 22.4 Å². The molecule has 0 bridgehead atoms. The van der Waals surface area contributed by atoms with E-state index in [1.54, 1.807) is 30.0 Å². The van der Waals surface area contributed by atoms with Crippen LogP contribution in [-0.2, 0) is 6.54 Å². The van der Waals surface area contributed by atoms with Gasteiger partial charge in [-0.15, -0.1) is 10.2 Å². The Balaban J connectivity index is 1.84. The van der Waals surface area contributed by atoms with Gasteiger partial charge in [-0.2, -0.15) is 0 Å². The molecule has 2 aromatic carbocycles. The van der Waals surface area contributed by atoms with E-state index in [4.69, 9.17) is 11.6 Å². The van der Waals surface area contributed by atoms with Crippen molar-refractivity contribution < 1.29 is 9.18 Å². The second-order valence-electron chi connectivity index (χ2n) is 6.08. The number of unbranched alkanes of at least 4 members (excludes halogenated alkanes) is 1. The van der Waals surface area contributed by atoms with Gasteiger partial charge in [0, 0.05) is 10.8 Å². The van der Waals surface area contributed by atoms with Gasteiger partial charge in [0.15, 0.2) is 11.0 Å². The molecule has 0 spiro atoms. The molecule has 28 heavy (non-hydrogen) atoms. The molecule has 1 N–H and O–H groups in total. The van der Waals surface area contributed by atoms with Gasteiger partial charge in [-0.25, -0.2) is 4.39 Å². The van der Waals surface area contributed by atoms with Gasteiger partial charge in [0.25, 0.3) is 5.91 Å². The van der Waals surface area contributed by atoms with Gasteiger partial charge in [-0.1, -0.05) is 54.9 Å². The summed E-state index contributed by atoms with van der Waals surface area (Å²) in [5.74, 6) is 0.397. The van der Waals surface area contributed by atoms with Gasteiger partial charge in [0.1, 0.15) is 5.82 Å². The third kappa shape index (κ3) is 4.91. The van der Waals surface area contributed by atoms with E-state index < -0.39 is 11.7 Å². The molecule has 0 atom stereocenters. The monoisotopic (exact) mass is 418 g/mol. The lowest BCUT2D eigenvalue weighted by Gasteiger charge is -2.11. The van der Waals surface area contributed by atoms with Crippen molar-refractivity contribution in [1.29, 1.82) is 0 Å². The summed E-state index contributed by atoms with van der Waals surface area (Å²) in [5, 5.41) is 12.5. The van der Waals surface area contributed by atoms with E-state index in [0.29, 0.717) is 10.8 Å². The molecular weight excluding hydrogens is 399 g/mol. The summed E-state index contributed by atoms with van der Waals surface area (Å²) >= 11 is 7.75. The van der Waals surface area contributed by atoms with E-state index in [9.17, 15) is 9.18 Å². The zero-order chi connectivity index (χ0) is 19.9. The molecular formula is C20H20ClFN4OS. The number of carbonyl (C=O) groups is 1. The molecule has 0 radical (unpaired) electrons. The maximum absolute atomic E-state index is 13.8. The number of amides is 1. The fourth-order valence-corrected chi connectivity index (χ4v) is 3.83. The molecule has 0 unspecified atom stereocenters. The normalized spacial score (nSPS) is 10.8. The van der Waals surface area contributed by atoms with Crippen LogP contribution < -0.4 is 5.32 Å². The Morgan fingerprint density at radius 3 is 2.79 bits per heavy atom. The van der Waals surface area contributed by atoms with Gasteiger partial charge in [-0.05, 0) is 36.8 Å². The molecule has 1 amide bonds. The third-order valence-corrected chi connectivity index (χ3v) is 5.27. The molecule has 1 heterocycles. The quantitative estimate of drug-likeness (QED) is 0.418. The van der Waals surface area contributed by atoms with Crippen LogP contribution in [0.1, 0.15) is 35.9 Å². The van der Waals surface area contributed by atoms with Crippen molar-refractivity contribution in [2.45, 2.75) is 31.5 Å². The highest BCUT2D eigenvalue weighted by Crippen LogP contribution is 2.24. The van der Waals surface area contributed by atoms with Gasteiger partial charge in [-0.3, -0.25) is 9.36 Å². The number of halogens is 2. The first-order valence-electron chi connectivity index (χ1n) is 8.96. The number of nitrogens with zero attached hydrogens (tertiary/aromatic N) is 3. The number of aromatic nitrogens is 3. The van der Waals surface area contributed by atoms with Crippen LogP contribution in [0.25, 0.3) is 5.69 Å². The van der Waals surface area contributed by atoms with E-state index in [-0.39, 0.29) is 12.1 Å². The lowest BCUT2D eigenvalue weighted by atomic mass is 10.2. The van der Waals surface area contributed by atoms with Crippen LogP contribution >= 0.6 is 23.4 Å². The van der Waals surface area contributed by atoms with Gasteiger partial charge < -0.3 is 5.32 Å². The second kappa shape index (κ2) is 9.71. The summed E-state index contributed by atoms with van der Waals surface area (Å²) in [5.41, 5.74) is 0.806. The first kappa shape index (κ1) is 20.4. The molecule has 0 aliphatic rings. The Bertz CT molecular complexity index is 963. The van der Waals surface area contributed by atoms with Gasteiger partial charge in [0.2, 0.25) is 0 Å². The fourth-order valence-electron chi connectivity index (χ4n) is 2.59. The number of thioether (sulfide) groups is 1. The lowest BCUT2D eigenvalue weighted by Crippen LogP contribution is -2.25. The molecule has 0 saturated heterocycles. The van der Waals surface area contributed by atoms with Crippen molar-refractivity contribution in [2.24, 2.45) is 0 Å². The van der Waals surface area contributed by atoms with Crippen molar-refractivity contribution in [3.05, 3.63) is 70.8 Å². The SMILES string of the molecule is CCCCSc1nnc(CNC(=O)c2ccccc2F)n1-c1cccc(Cl)c1. The average molecular weight is 419 g/mol. The van der Waals surface area contributed by atoms with Crippen LogP contribution in [0.2, 0.25) is 5.02 Å². The number of hydrogen-bond donors (Lipinski definition) is 1. The highest BCUT2D eigenvalue weighted by atomic mass is 35.5. The van der Waals surface area contributed by atoms with Crippen molar-refractivity contribution in [3.8, 4) is 5.69 Å². The highest BCUT2D eigenvalue weighted by molar-refractivity contribution is 7.99. The zero-order valence-corrected chi connectivity index (χ0v) is 16.9. The van der Waals surface area contributed by atoms with Crippen molar-refractivity contribution in [3.63, 3.8) is 0 Å². The standard InChI is InChI=1S/C20H20ClFN4OS/c1-2-3-11-28-20-25-24-18(26(20)15-8-6-7-14(21)12-15)13-23-19(27)16-9-4-5-10-17(16)22/h4-10,12H,2-3,11,13H2,1H3,(H,23,27). The van der Waals surface area contributed by atoms with E-state index in [1.807, 2.05) is 22.8 Å². The Hall–Kier alpha value is -2.38. The summed E-state index contributed by atoms with van der Waals surface area (Å²) in [6, 6.07) is 13.2. The lowest BCUT2D eigenvalue weighted by molar-refractivity contribution is 0.0945. The number of benzene rings is 2. The molecule has 0 fully saturated rings. The number of rotatable bonds is 8. The predicted octanol–water partition coefficient (Wildman–Crippen LogP) is 4.88. The Kier molecular flexibility index (Phi) is 7.06. The fraction of sp³-hybridized carbons (Fsp3) is 0.250. The van der Waals surface area contributed by atoms with Crippen LogP contribution in [0, 0.1) is 5.82 Å². The average Bonchev–Trinajstić information content (AvgIpc) is 3.09. The molecule has 3 aromatic rings. The highest BCUT2D eigenvalue weighted by Gasteiger charge is 2.17. The number of hydrogen-bond acceptors (Lipinski definition) is 4. The largest absolute Gasteiger partial charge is 0.345 e. The maximum Gasteiger partial charge on any atom is 0.254 e. The summed E-state index contributed by atoms with van der Waals surface area (Å²) in [4.78, 5) is 12.3. The minimum atomic E-state index is -0.563. The van der Waals surface area contributed by atoms with Gasteiger partial charge in [0.05, 0.1) is 17.8 Å². The second-order valence-corrected chi connectivity index (χ2v) is 7.58. The number of nitrogens with one attached hydrogen (secondary N) is 1. The van der Waals surface area contributed by atoms with E-state index in [1.165, 1.54) is 12.1 Å². The maximum atomic E-state index is 13.8. The first-order chi connectivity index (χ1) is 13.6. The van der Waals surface area contributed by atoms with Crippen molar-refractivity contribution in [2.75, 3.05) is 5.75 Å². The smallest absolute Gasteiger partial charge is 0.254 e. The molecule has 3 rings (SSSR count). The molecule has 5 nitrogen and oxygen atoms in total. The molecule has 0 aliphatic carbocycles. The number of carbonyl (C=O) groups excluding carboxylic acids is 1. The molecule has 1 aromatic heterocycles. The van der Waals surface area contributed by atoms with Gasteiger partial charge >= 0.3 is 0 Å². The summed E-state index contributed by atoms with van der Waals surface area (Å²) in [7, 11) is 0. The van der Waals surface area contributed by atoms with Crippen LogP contribution in [0.4, 0.5) is 4.39 Å². The zero-order valence-electron chi connectivity index (χ0n) is 15.4. The van der Waals surface area contributed by atoms with E-state index >= 15 is 0 Å².